The Morgan fingerprint density at radius 2 is 2.19 bits per heavy atom. The highest BCUT2D eigenvalue weighted by molar-refractivity contribution is 7.85. The molecule has 0 aliphatic rings. The van der Waals surface area contributed by atoms with Crippen LogP contribution in [0.2, 0.25) is 0 Å². The maximum Gasteiger partial charge on any atom is 0.522 e. The van der Waals surface area contributed by atoms with Crippen LogP contribution in [0.1, 0.15) is 0 Å². The first-order chi connectivity index (χ1) is 7.40. The maximum absolute atomic E-state index is 11.6. The van der Waals surface area contributed by atoms with Crippen molar-refractivity contribution in [3.05, 3.63) is 18.5 Å². The van der Waals surface area contributed by atoms with Gasteiger partial charge in [-0.2, -0.15) is 0 Å². The van der Waals surface area contributed by atoms with Crippen LogP contribution in [0.3, 0.4) is 0 Å². The Kier molecular flexibility index (Phi) is 4.25. The van der Waals surface area contributed by atoms with Gasteiger partial charge < -0.3 is 5.73 Å². The molecule has 1 heterocycles. The van der Waals surface area contributed by atoms with Crippen molar-refractivity contribution < 1.29 is 22.1 Å². The Bertz CT molecular complexity index is 384. The van der Waals surface area contributed by atoms with Crippen LogP contribution in [0.4, 0.5) is 18.9 Å². The van der Waals surface area contributed by atoms with Gasteiger partial charge in [0.2, 0.25) is 0 Å². The van der Waals surface area contributed by atoms with Crippen molar-refractivity contribution in [3.63, 3.8) is 0 Å². The van der Waals surface area contributed by atoms with Gasteiger partial charge in [-0.25, -0.2) is 0 Å². The van der Waals surface area contributed by atoms with Gasteiger partial charge >= 0.3 is 6.36 Å². The molecule has 0 saturated heterocycles. The van der Waals surface area contributed by atoms with E-state index in [1.165, 1.54) is 18.5 Å². The summed E-state index contributed by atoms with van der Waals surface area (Å²) in [6.07, 6.45) is -2.04. The van der Waals surface area contributed by atoms with Crippen molar-refractivity contribution in [1.29, 1.82) is 0 Å². The van der Waals surface area contributed by atoms with Crippen molar-refractivity contribution >= 4 is 16.5 Å². The number of hydrogen-bond acceptors (Lipinski definition) is 4. The second-order valence-electron chi connectivity index (χ2n) is 2.76. The van der Waals surface area contributed by atoms with Gasteiger partial charge in [0, 0.05) is 6.20 Å². The van der Waals surface area contributed by atoms with Crippen LogP contribution in [-0.4, -0.2) is 27.9 Å². The fraction of sp³-hybridized carbons (Fsp3) is 0.375. The fourth-order valence-electron chi connectivity index (χ4n) is 0.944. The van der Waals surface area contributed by atoms with Gasteiger partial charge in [0.15, 0.2) is 0 Å². The molecule has 2 N–H and O–H groups in total. The van der Waals surface area contributed by atoms with E-state index < -0.39 is 23.8 Å². The number of nitrogen functional groups attached to an aromatic ring is 1. The molecule has 1 aromatic rings. The molecule has 1 unspecified atom stereocenters. The van der Waals surface area contributed by atoms with Crippen LogP contribution in [0, 0.1) is 0 Å². The minimum Gasteiger partial charge on any atom is -0.396 e. The van der Waals surface area contributed by atoms with E-state index in [1.54, 1.807) is 0 Å². The van der Waals surface area contributed by atoms with Gasteiger partial charge in [-0.3, -0.25) is 13.9 Å². The first-order valence-corrected chi connectivity index (χ1v) is 5.50. The van der Waals surface area contributed by atoms with Gasteiger partial charge in [0.1, 0.15) is 0 Å². The van der Waals surface area contributed by atoms with E-state index in [-0.39, 0.29) is 16.3 Å². The van der Waals surface area contributed by atoms with Crippen molar-refractivity contribution in [2.24, 2.45) is 0 Å². The lowest BCUT2D eigenvalue weighted by Crippen LogP contribution is -2.18. The molecule has 0 bridgehead atoms. The third-order valence-corrected chi connectivity index (χ3v) is 2.99. The third kappa shape index (κ3) is 4.15. The molecule has 0 amide bonds. The number of alkyl halides is 3. The van der Waals surface area contributed by atoms with Gasteiger partial charge in [-0.15, -0.1) is 13.2 Å². The van der Waals surface area contributed by atoms with Gasteiger partial charge in [0.05, 0.1) is 39.9 Å². The highest BCUT2D eigenvalue weighted by Crippen LogP contribution is 2.17. The highest BCUT2D eigenvalue weighted by atomic mass is 32.2. The van der Waals surface area contributed by atoms with E-state index >= 15 is 0 Å². The van der Waals surface area contributed by atoms with Crippen molar-refractivity contribution in [2.75, 3.05) is 18.1 Å². The number of nitrogens with two attached hydrogens (primary N) is 1. The molecule has 0 spiro atoms. The van der Waals surface area contributed by atoms with Crippen LogP contribution in [0.5, 0.6) is 0 Å². The first-order valence-electron chi connectivity index (χ1n) is 4.18. The number of anilines is 1. The standard InChI is InChI=1S/C8H9F3N2O2S/c9-8(10,11)15-3-4-16(14)7-1-2-13-5-6(7)12/h1-2,5H,3-4,12H2. The maximum atomic E-state index is 11.6. The van der Waals surface area contributed by atoms with E-state index in [2.05, 4.69) is 9.72 Å². The normalized spacial score (nSPS) is 13.7. The Hall–Kier alpha value is -1.15. The van der Waals surface area contributed by atoms with Gasteiger partial charge in [-0.05, 0) is 6.07 Å². The van der Waals surface area contributed by atoms with E-state index in [0.29, 0.717) is 0 Å². The van der Waals surface area contributed by atoms with Crippen molar-refractivity contribution in [1.82, 2.24) is 4.98 Å². The zero-order valence-electron chi connectivity index (χ0n) is 8.03. The van der Waals surface area contributed by atoms with Crippen LogP contribution in [0.15, 0.2) is 23.4 Å². The molecule has 4 nitrogen and oxygen atoms in total. The summed E-state index contributed by atoms with van der Waals surface area (Å²) in [5.41, 5.74) is 5.65. The molecule has 1 atom stereocenters. The van der Waals surface area contributed by atoms with Crippen LogP contribution in [0.25, 0.3) is 0 Å². The zero-order valence-corrected chi connectivity index (χ0v) is 8.85. The fourth-order valence-corrected chi connectivity index (χ4v) is 1.93. The number of hydrogen-bond donors (Lipinski definition) is 1. The van der Waals surface area contributed by atoms with Gasteiger partial charge in [-0.1, -0.05) is 0 Å². The van der Waals surface area contributed by atoms with Crippen molar-refractivity contribution in [2.45, 2.75) is 11.3 Å². The lowest BCUT2D eigenvalue weighted by molar-refractivity contribution is -0.322. The number of ether oxygens (including phenoxy) is 1. The summed E-state index contributed by atoms with van der Waals surface area (Å²) in [5, 5.41) is 0. The van der Waals surface area contributed by atoms with Crippen molar-refractivity contribution in [3.8, 4) is 0 Å². The monoisotopic (exact) mass is 254 g/mol. The number of aromatic nitrogens is 1. The smallest absolute Gasteiger partial charge is 0.396 e. The molecule has 0 aromatic carbocycles. The minimum atomic E-state index is -4.70. The topological polar surface area (TPSA) is 65.2 Å². The summed E-state index contributed by atoms with van der Waals surface area (Å²) in [7, 11) is -1.62. The molecular weight excluding hydrogens is 245 g/mol. The van der Waals surface area contributed by atoms with Crippen LogP contribution in [-0.2, 0) is 15.5 Å². The number of pyridine rings is 1. The van der Waals surface area contributed by atoms with Crippen LogP contribution >= 0.6 is 0 Å². The predicted molar refractivity (Wildman–Crippen MR) is 51.9 cm³/mol. The quantitative estimate of drug-likeness (QED) is 0.879. The Balaban J connectivity index is 2.51. The Morgan fingerprint density at radius 3 is 2.75 bits per heavy atom. The van der Waals surface area contributed by atoms with Gasteiger partial charge in [0.25, 0.3) is 0 Å². The SMILES string of the molecule is Nc1cnccc1S(=O)CCOC(F)(F)F. The summed E-state index contributed by atoms with van der Waals surface area (Å²) >= 11 is 0. The third-order valence-electron chi connectivity index (χ3n) is 1.59. The molecular formula is C8H9F3N2O2S. The summed E-state index contributed by atoms with van der Waals surface area (Å²) in [6, 6.07) is 1.40. The summed E-state index contributed by atoms with van der Waals surface area (Å²) < 4.78 is 49.9. The second kappa shape index (κ2) is 5.26. The molecule has 0 saturated carbocycles. The molecule has 0 fully saturated rings. The molecule has 0 aliphatic heterocycles. The lowest BCUT2D eigenvalue weighted by Gasteiger charge is -2.07. The number of nitrogens with zero attached hydrogens (tertiary/aromatic N) is 1. The lowest BCUT2D eigenvalue weighted by atomic mass is 10.4. The summed E-state index contributed by atoms with van der Waals surface area (Å²) in [4.78, 5) is 3.94. The number of rotatable bonds is 4. The minimum absolute atomic E-state index is 0.188. The molecule has 8 heteroatoms. The molecule has 1 rings (SSSR count). The average molecular weight is 254 g/mol. The summed E-state index contributed by atoms with van der Waals surface area (Å²) in [5.74, 6) is -0.270. The van der Waals surface area contributed by atoms with E-state index in [9.17, 15) is 17.4 Å². The molecule has 90 valence electrons. The molecule has 0 aliphatic carbocycles. The number of halogens is 3. The van der Waals surface area contributed by atoms with Crippen LogP contribution < -0.4 is 5.73 Å². The first kappa shape index (κ1) is 12.9. The average Bonchev–Trinajstić information content (AvgIpc) is 2.16. The predicted octanol–water partition coefficient (Wildman–Crippen LogP) is 1.31. The van der Waals surface area contributed by atoms with E-state index in [0.717, 1.165) is 0 Å². The molecule has 1 aromatic heterocycles. The second-order valence-corrected chi connectivity index (χ2v) is 4.30. The van der Waals surface area contributed by atoms with E-state index in [1.807, 2.05) is 0 Å². The Labute approximate surface area is 92.1 Å². The largest absolute Gasteiger partial charge is 0.522 e. The highest BCUT2D eigenvalue weighted by Gasteiger charge is 2.29. The molecule has 16 heavy (non-hydrogen) atoms. The Morgan fingerprint density at radius 1 is 1.50 bits per heavy atom. The molecule has 0 radical (unpaired) electrons. The van der Waals surface area contributed by atoms with E-state index in [4.69, 9.17) is 5.73 Å². The zero-order chi connectivity index (χ0) is 12.2. The summed E-state index contributed by atoms with van der Waals surface area (Å²) in [6.45, 7) is -0.669.